The lowest BCUT2D eigenvalue weighted by Crippen LogP contribution is -2.55. The Balaban J connectivity index is 2.31. The van der Waals surface area contributed by atoms with Crippen molar-refractivity contribution in [3.05, 3.63) is 0 Å². The van der Waals surface area contributed by atoms with Gasteiger partial charge in [0.2, 0.25) is 0 Å². The molecular formula is C16H24N2O4. The summed E-state index contributed by atoms with van der Waals surface area (Å²) < 4.78 is 10.5. The average molecular weight is 308 g/mol. The number of hydrogen-bond acceptors (Lipinski definition) is 5. The summed E-state index contributed by atoms with van der Waals surface area (Å²) in [6, 6.07) is 1.57. The number of likely N-dealkylation sites (tertiary alicyclic amines) is 1. The van der Waals surface area contributed by atoms with Gasteiger partial charge in [-0.15, -0.1) is 0 Å². The molecule has 1 saturated heterocycles. The summed E-state index contributed by atoms with van der Waals surface area (Å²) in [4.78, 5) is 26.2. The van der Waals surface area contributed by atoms with E-state index in [0.29, 0.717) is 12.8 Å². The molecule has 1 aliphatic heterocycles. The number of nitriles is 1. The summed E-state index contributed by atoms with van der Waals surface area (Å²) in [7, 11) is 0. The highest BCUT2D eigenvalue weighted by atomic mass is 16.6. The fourth-order valence-corrected chi connectivity index (χ4v) is 3.11. The van der Waals surface area contributed by atoms with Crippen molar-refractivity contribution < 1.29 is 19.1 Å². The first kappa shape index (κ1) is 16.6. The molecule has 1 saturated carbocycles. The van der Waals surface area contributed by atoms with E-state index in [1.807, 2.05) is 0 Å². The molecule has 1 amide bonds. The Morgan fingerprint density at radius 1 is 1.32 bits per heavy atom. The third-order valence-electron chi connectivity index (χ3n) is 4.14. The maximum atomic E-state index is 12.6. The molecule has 0 aromatic carbocycles. The van der Waals surface area contributed by atoms with Gasteiger partial charge in [0.1, 0.15) is 17.2 Å². The van der Waals surface area contributed by atoms with Crippen molar-refractivity contribution in [3.63, 3.8) is 0 Å². The van der Waals surface area contributed by atoms with Gasteiger partial charge in [-0.2, -0.15) is 5.26 Å². The zero-order valence-corrected chi connectivity index (χ0v) is 13.7. The summed E-state index contributed by atoms with van der Waals surface area (Å²) in [6.45, 7) is 7.28. The Morgan fingerprint density at radius 2 is 1.95 bits per heavy atom. The van der Waals surface area contributed by atoms with Crippen LogP contribution in [0.2, 0.25) is 0 Å². The van der Waals surface area contributed by atoms with E-state index in [9.17, 15) is 14.9 Å². The van der Waals surface area contributed by atoms with Crippen molar-refractivity contribution in [1.29, 1.82) is 5.26 Å². The van der Waals surface area contributed by atoms with E-state index in [1.54, 1.807) is 27.7 Å². The molecule has 0 radical (unpaired) electrons. The van der Waals surface area contributed by atoms with Crippen LogP contribution in [0.4, 0.5) is 4.79 Å². The van der Waals surface area contributed by atoms with Crippen molar-refractivity contribution in [3.8, 4) is 6.07 Å². The molecule has 0 spiro atoms. The average Bonchev–Trinajstić information content (AvgIpc) is 3.17. The van der Waals surface area contributed by atoms with Crippen molar-refractivity contribution in [2.45, 2.75) is 70.6 Å². The predicted octanol–water partition coefficient (Wildman–Crippen LogP) is 2.62. The van der Waals surface area contributed by atoms with E-state index in [0.717, 1.165) is 12.8 Å². The van der Waals surface area contributed by atoms with Gasteiger partial charge in [0.25, 0.3) is 0 Å². The minimum Gasteiger partial charge on any atom is -0.464 e. The number of rotatable bonds is 3. The quantitative estimate of drug-likeness (QED) is 0.749. The third kappa shape index (κ3) is 3.03. The van der Waals surface area contributed by atoms with Crippen molar-refractivity contribution in [1.82, 2.24) is 4.90 Å². The summed E-state index contributed by atoms with van der Waals surface area (Å²) in [5.41, 5.74) is -1.61. The third-order valence-corrected chi connectivity index (χ3v) is 4.14. The molecule has 22 heavy (non-hydrogen) atoms. The molecule has 6 heteroatoms. The van der Waals surface area contributed by atoms with E-state index in [1.165, 1.54) is 4.90 Å². The second-order valence-corrected chi connectivity index (χ2v) is 6.97. The maximum absolute atomic E-state index is 12.6. The molecule has 0 aromatic rings. The molecular weight excluding hydrogens is 284 g/mol. The van der Waals surface area contributed by atoms with Crippen molar-refractivity contribution in [2.75, 3.05) is 6.61 Å². The maximum Gasteiger partial charge on any atom is 0.412 e. The van der Waals surface area contributed by atoms with Crippen molar-refractivity contribution in [2.24, 2.45) is 5.92 Å². The number of carbonyl (C=O) groups is 2. The number of amides is 1. The normalized spacial score (nSPS) is 28.1. The second-order valence-electron chi connectivity index (χ2n) is 6.97. The fraction of sp³-hybridized carbons (Fsp3) is 0.812. The zero-order chi connectivity index (χ0) is 16.5. The highest BCUT2D eigenvalue weighted by Crippen LogP contribution is 2.50. The summed E-state index contributed by atoms with van der Waals surface area (Å²) >= 11 is 0. The molecule has 0 aromatic heterocycles. The summed E-state index contributed by atoms with van der Waals surface area (Å²) in [6.07, 6.45) is 2.15. The number of esters is 1. The summed E-state index contributed by atoms with van der Waals surface area (Å²) in [5, 5.41) is 9.72. The fourth-order valence-electron chi connectivity index (χ4n) is 3.11. The molecule has 0 bridgehead atoms. The van der Waals surface area contributed by atoms with Crippen LogP contribution >= 0.6 is 0 Å². The Bertz CT molecular complexity index is 501. The van der Waals surface area contributed by atoms with Gasteiger partial charge in [0.15, 0.2) is 0 Å². The van der Waals surface area contributed by atoms with Crippen LogP contribution in [0.1, 0.15) is 53.4 Å². The largest absolute Gasteiger partial charge is 0.464 e. The molecule has 0 unspecified atom stereocenters. The zero-order valence-electron chi connectivity index (χ0n) is 13.7. The Kier molecular flexibility index (Phi) is 4.37. The van der Waals surface area contributed by atoms with Gasteiger partial charge < -0.3 is 9.47 Å². The van der Waals surface area contributed by atoms with Crippen molar-refractivity contribution >= 4 is 12.1 Å². The monoisotopic (exact) mass is 308 g/mol. The van der Waals surface area contributed by atoms with E-state index >= 15 is 0 Å². The molecule has 6 nitrogen and oxygen atoms in total. The van der Waals surface area contributed by atoms with Gasteiger partial charge in [-0.3, -0.25) is 4.90 Å². The first-order chi connectivity index (χ1) is 10.2. The Hall–Kier alpha value is -1.77. The van der Waals surface area contributed by atoms with Gasteiger partial charge in [0.05, 0.1) is 12.7 Å². The van der Waals surface area contributed by atoms with Crippen LogP contribution in [0.25, 0.3) is 0 Å². The van der Waals surface area contributed by atoms with Gasteiger partial charge in [-0.05, 0) is 59.3 Å². The lowest BCUT2D eigenvalue weighted by molar-refractivity contribution is -0.149. The van der Waals surface area contributed by atoms with Crippen LogP contribution in [0.3, 0.4) is 0 Å². The van der Waals surface area contributed by atoms with Crippen LogP contribution in [0, 0.1) is 17.2 Å². The highest BCUT2D eigenvalue weighted by molar-refractivity contribution is 5.83. The van der Waals surface area contributed by atoms with Gasteiger partial charge in [-0.25, -0.2) is 9.59 Å². The first-order valence-electron chi connectivity index (χ1n) is 7.85. The molecule has 1 aliphatic carbocycles. The number of carbonyl (C=O) groups excluding carboxylic acids is 2. The SMILES string of the molecule is CCOC(=O)[C@@H]1CC[C@](C#N)(C2CC2)N1C(=O)OC(C)(C)C. The van der Waals surface area contributed by atoms with E-state index in [4.69, 9.17) is 9.47 Å². The van der Waals surface area contributed by atoms with Crippen LogP contribution in [-0.2, 0) is 14.3 Å². The molecule has 122 valence electrons. The van der Waals surface area contributed by atoms with E-state index < -0.39 is 29.2 Å². The molecule has 1 heterocycles. The minimum atomic E-state index is -0.931. The molecule has 2 rings (SSSR count). The number of hydrogen-bond donors (Lipinski definition) is 0. The standard InChI is InChI=1S/C16H24N2O4/c1-5-21-13(19)12-8-9-16(10-17,11-6-7-11)18(12)14(20)22-15(2,3)4/h11-12H,5-9H2,1-4H3/t12-,16-/m0/s1. The lowest BCUT2D eigenvalue weighted by Gasteiger charge is -2.36. The van der Waals surface area contributed by atoms with Crippen LogP contribution in [-0.4, -0.2) is 40.8 Å². The molecule has 2 fully saturated rings. The van der Waals surface area contributed by atoms with Crippen LogP contribution in [0.15, 0.2) is 0 Å². The Morgan fingerprint density at radius 3 is 2.41 bits per heavy atom. The number of nitrogens with zero attached hydrogens (tertiary/aromatic N) is 2. The molecule has 2 aliphatic rings. The van der Waals surface area contributed by atoms with Crippen LogP contribution in [0.5, 0.6) is 0 Å². The lowest BCUT2D eigenvalue weighted by atomic mass is 9.92. The minimum absolute atomic E-state index is 0.129. The van der Waals surface area contributed by atoms with Crippen LogP contribution < -0.4 is 0 Å². The first-order valence-corrected chi connectivity index (χ1v) is 7.85. The Labute approximate surface area is 131 Å². The molecule has 0 N–H and O–H groups in total. The van der Waals surface area contributed by atoms with E-state index in [2.05, 4.69) is 6.07 Å². The predicted molar refractivity (Wildman–Crippen MR) is 78.8 cm³/mol. The summed E-state index contributed by atoms with van der Waals surface area (Å²) in [5.74, 6) is -0.324. The van der Waals surface area contributed by atoms with Gasteiger partial charge in [0, 0.05) is 0 Å². The van der Waals surface area contributed by atoms with E-state index in [-0.39, 0.29) is 12.5 Å². The highest BCUT2D eigenvalue weighted by Gasteiger charge is 2.60. The van der Waals surface area contributed by atoms with Gasteiger partial charge in [-0.1, -0.05) is 0 Å². The smallest absolute Gasteiger partial charge is 0.412 e. The molecule has 2 atom stereocenters. The van der Waals surface area contributed by atoms with Gasteiger partial charge >= 0.3 is 12.1 Å². The second kappa shape index (κ2) is 5.79. The number of ether oxygens (including phenoxy) is 2. The topological polar surface area (TPSA) is 79.6 Å².